The average molecular weight is 123 g/mol. The zero-order valence-corrected chi connectivity index (χ0v) is 5.39. The molecule has 0 radical (unpaired) electrons. The van der Waals surface area contributed by atoms with E-state index >= 15 is 0 Å². The molecule has 9 heavy (non-hydrogen) atoms. The number of hydrazone groups is 1. The van der Waals surface area contributed by atoms with Gasteiger partial charge in [-0.3, -0.25) is 5.43 Å². The van der Waals surface area contributed by atoms with Crippen LogP contribution in [0.1, 0.15) is 19.8 Å². The molecule has 0 spiro atoms. The quantitative estimate of drug-likeness (QED) is 0.513. The molecule has 0 aliphatic carbocycles. The van der Waals surface area contributed by atoms with Crippen molar-refractivity contribution in [3.05, 3.63) is 0 Å². The fourth-order valence-electron chi connectivity index (χ4n) is 0.755. The highest BCUT2D eigenvalue weighted by Gasteiger charge is 2.10. The fourth-order valence-corrected chi connectivity index (χ4v) is 0.755. The van der Waals surface area contributed by atoms with Gasteiger partial charge in [0.05, 0.1) is 6.07 Å². The molecule has 1 N–H and O–H groups in total. The van der Waals surface area contributed by atoms with Crippen LogP contribution in [0.5, 0.6) is 0 Å². The summed E-state index contributed by atoms with van der Waals surface area (Å²) in [6.45, 7) is 1.96. The minimum Gasteiger partial charge on any atom is -0.293 e. The Balaban J connectivity index is 2.48. The van der Waals surface area contributed by atoms with E-state index in [9.17, 15) is 0 Å². The number of rotatable bonds is 0. The van der Waals surface area contributed by atoms with Gasteiger partial charge in [-0.05, 0) is 19.8 Å². The highest BCUT2D eigenvalue weighted by atomic mass is 15.3. The van der Waals surface area contributed by atoms with Crippen LogP contribution in [0.3, 0.4) is 0 Å². The van der Waals surface area contributed by atoms with Crippen molar-refractivity contribution in [3.8, 4) is 6.07 Å². The number of nitrogens with zero attached hydrogens (tertiary/aromatic N) is 2. The van der Waals surface area contributed by atoms with E-state index < -0.39 is 0 Å². The average Bonchev–Trinajstić information content (AvgIpc) is 1.90. The summed E-state index contributed by atoms with van der Waals surface area (Å²) >= 11 is 0. The smallest absolute Gasteiger partial charge is 0.131 e. The highest BCUT2D eigenvalue weighted by Crippen LogP contribution is 2.02. The van der Waals surface area contributed by atoms with Crippen LogP contribution in [0.15, 0.2) is 5.10 Å². The standard InChI is InChI=1S/C6H9N3/c1-5-2-3-6(4-7)9-8-5/h6,9H,2-3H2,1H3. The first-order chi connectivity index (χ1) is 4.33. The van der Waals surface area contributed by atoms with Crippen LogP contribution in [0.2, 0.25) is 0 Å². The summed E-state index contributed by atoms with van der Waals surface area (Å²) in [5.41, 5.74) is 3.83. The Morgan fingerprint density at radius 1 is 1.89 bits per heavy atom. The van der Waals surface area contributed by atoms with Crippen LogP contribution in [-0.4, -0.2) is 11.8 Å². The zero-order valence-electron chi connectivity index (χ0n) is 5.39. The lowest BCUT2D eigenvalue weighted by Crippen LogP contribution is -2.28. The SMILES string of the molecule is CC1=NNC(C#N)CC1. The normalized spacial score (nSPS) is 25.8. The van der Waals surface area contributed by atoms with Crippen molar-refractivity contribution >= 4 is 5.71 Å². The molecule has 0 amide bonds. The third kappa shape index (κ3) is 1.43. The molecular weight excluding hydrogens is 114 g/mol. The van der Waals surface area contributed by atoms with Crippen molar-refractivity contribution < 1.29 is 0 Å². The Hall–Kier alpha value is -1.04. The summed E-state index contributed by atoms with van der Waals surface area (Å²) in [6.07, 6.45) is 1.84. The summed E-state index contributed by atoms with van der Waals surface area (Å²) in [5, 5.41) is 12.3. The molecule has 1 aliphatic rings. The van der Waals surface area contributed by atoms with Crippen LogP contribution < -0.4 is 5.43 Å². The largest absolute Gasteiger partial charge is 0.293 e. The van der Waals surface area contributed by atoms with Crippen molar-refractivity contribution in [2.24, 2.45) is 5.10 Å². The van der Waals surface area contributed by atoms with Crippen molar-refractivity contribution in [3.63, 3.8) is 0 Å². The van der Waals surface area contributed by atoms with Gasteiger partial charge < -0.3 is 0 Å². The van der Waals surface area contributed by atoms with Gasteiger partial charge >= 0.3 is 0 Å². The maximum Gasteiger partial charge on any atom is 0.131 e. The molecule has 0 saturated heterocycles. The van der Waals surface area contributed by atoms with Gasteiger partial charge in [0.25, 0.3) is 0 Å². The van der Waals surface area contributed by atoms with E-state index in [1.807, 2.05) is 6.92 Å². The third-order valence-corrected chi connectivity index (χ3v) is 1.36. The zero-order chi connectivity index (χ0) is 6.69. The lowest BCUT2D eigenvalue weighted by Gasteiger charge is -2.13. The molecule has 1 aliphatic heterocycles. The predicted molar refractivity (Wildman–Crippen MR) is 34.9 cm³/mol. The third-order valence-electron chi connectivity index (χ3n) is 1.36. The molecule has 48 valence electrons. The van der Waals surface area contributed by atoms with Crippen LogP contribution in [-0.2, 0) is 0 Å². The van der Waals surface area contributed by atoms with Gasteiger partial charge in [-0.2, -0.15) is 10.4 Å². The predicted octanol–water partition coefficient (Wildman–Crippen LogP) is 0.638. The Kier molecular flexibility index (Phi) is 1.69. The van der Waals surface area contributed by atoms with E-state index in [0.717, 1.165) is 18.6 Å². The van der Waals surface area contributed by atoms with E-state index in [0.29, 0.717) is 0 Å². The van der Waals surface area contributed by atoms with E-state index in [-0.39, 0.29) is 6.04 Å². The molecule has 0 aromatic carbocycles. The van der Waals surface area contributed by atoms with E-state index in [1.165, 1.54) is 0 Å². The lowest BCUT2D eigenvalue weighted by molar-refractivity contribution is 0.571. The number of nitriles is 1. The molecule has 0 aromatic rings. The molecule has 1 unspecified atom stereocenters. The maximum absolute atomic E-state index is 8.40. The van der Waals surface area contributed by atoms with Crippen LogP contribution >= 0.6 is 0 Å². The van der Waals surface area contributed by atoms with Gasteiger partial charge in [-0.15, -0.1) is 0 Å². The summed E-state index contributed by atoms with van der Waals surface area (Å²) in [5.74, 6) is 0. The van der Waals surface area contributed by atoms with Crippen LogP contribution in [0.25, 0.3) is 0 Å². The summed E-state index contributed by atoms with van der Waals surface area (Å²) in [4.78, 5) is 0. The summed E-state index contributed by atoms with van der Waals surface area (Å²) in [7, 11) is 0. The van der Waals surface area contributed by atoms with Gasteiger partial charge in [0.1, 0.15) is 6.04 Å². The molecule has 1 atom stereocenters. The van der Waals surface area contributed by atoms with Crippen LogP contribution in [0, 0.1) is 11.3 Å². The second-order valence-corrected chi connectivity index (χ2v) is 2.20. The highest BCUT2D eigenvalue weighted by molar-refractivity contribution is 5.82. The van der Waals surface area contributed by atoms with E-state index in [2.05, 4.69) is 16.6 Å². The van der Waals surface area contributed by atoms with Gasteiger partial charge in [0.2, 0.25) is 0 Å². The van der Waals surface area contributed by atoms with E-state index in [1.54, 1.807) is 0 Å². The van der Waals surface area contributed by atoms with Crippen LogP contribution in [0.4, 0.5) is 0 Å². The Morgan fingerprint density at radius 2 is 2.67 bits per heavy atom. The Bertz CT molecular complexity index is 166. The van der Waals surface area contributed by atoms with E-state index in [4.69, 9.17) is 5.26 Å². The first-order valence-corrected chi connectivity index (χ1v) is 3.01. The number of hydrogen-bond acceptors (Lipinski definition) is 3. The summed E-state index contributed by atoms with van der Waals surface area (Å²) < 4.78 is 0. The van der Waals surface area contributed by atoms with Gasteiger partial charge in [0, 0.05) is 5.71 Å². The number of nitrogens with one attached hydrogen (secondary N) is 1. The van der Waals surface area contributed by atoms with Gasteiger partial charge in [-0.25, -0.2) is 0 Å². The molecule has 3 heteroatoms. The maximum atomic E-state index is 8.40. The first-order valence-electron chi connectivity index (χ1n) is 3.01. The van der Waals surface area contributed by atoms with Crippen molar-refractivity contribution in [2.45, 2.75) is 25.8 Å². The van der Waals surface area contributed by atoms with Gasteiger partial charge in [0.15, 0.2) is 0 Å². The minimum absolute atomic E-state index is 0.0614. The molecule has 3 nitrogen and oxygen atoms in total. The Morgan fingerprint density at radius 3 is 3.11 bits per heavy atom. The number of hydrogen-bond donors (Lipinski definition) is 1. The second kappa shape index (κ2) is 2.49. The fraction of sp³-hybridized carbons (Fsp3) is 0.667. The topological polar surface area (TPSA) is 48.2 Å². The van der Waals surface area contributed by atoms with Crippen molar-refractivity contribution in [1.29, 1.82) is 5.26 Å². The Labute approximate surface area is 54.4 Å². The molecule has 0 saturated carbocycles. The monoisotopic (exact) mass is 123 g/mol. The molecule has 0 aromatic heterocycles. The minimum atomic E-state index is -0.0614. The summed E-state index contributed by atoms with van der Waals surface area (Å²) in [6, 6.07) is 2.04. The van der Waals surface area contributed by atoms with Crippen molar-refractivity contribution in [2.75, 3.05) is 0 Å². The molecule has 1 rings (SSSR count). The first kappa shape index (κ1) is 6.09. The molecule has 0 bridgehead atoms. The lowest BCUT2D eigenvalue weighted by atomic mass is 10.1. The second-order valence-electron chi connectivity index (χ2n) is 2.20. The van der Waals surface area contributed by atoms with Gasteiger partial charge in [-0.1, -0.05) is 0 Å². The molecule has 1 heterocycles. The molecule has 0 fully saturated rings. The molecular formula is C6H9N3. The van der Waals surface area contributed by atoms with Crippen molar-refractivity contribution in [1.82, 2.24) is 5.43 Å².